The van der Waals surface area contributed by atoms with Gasteiger partial charge in [0, 0.05) is 11.3 Å². The molecule has 0 spiro atoms. The number of furan rings is 1. The number of hydrogen-bond acceptors (Lipinski definition) is 7. The smallest absolute Gasteiger partial charge is 0.264 e. The van der Waals surface area contributed by atoms with Crippen molar-refractivity contribution in [3.8, 4) is 11.3 Å². The monoisotopic (exact) mass is 427 g/mol. The van der Waals surface area contributed by atoms with Gasteiger partial charge in [0.15, 0.2) is 0 Å². The first-order valence-electron chi connectivity index (χ1n) is 8.40. The topological polar surface area (TPSA) is 110 Å². The molecule has 0 fully saturated rings. The fourth-order valence-corrected chi connectivity index (χ4v) is 3.69. The van der Waals surface area contributed by atoms with Crippen LogP contribution in [-0.2, 0) is 10.0 Å². The van der Waals surface area contributed by atoms with E-state index in [9.17, 15) is 8.42 Å². The van der Waals surface area contributed by atoms with Crippen LogP contribution >= 0.6 is 11.6 Å². The maximum atomic E-state index is 12.8. The minimum atomic E-state index is -3.96. The van der Waals surface area contributed by atoms with Crippen LogP contribution in [0.1, 0.15) is 0 Å². The Morgan fingerprint density at radius 3 is 2.41 bits per heavy atom. The Balaban J connectivity index is 1.61. The van der Waals surface area contributed by atoms with E-state index in [1.54, 1.807) is 24.3 Å². The number of hydrogen-bond donors (Lipinski definition) is 2. The van der Waals surface area contributed by atoms with Crippen molar-refractivity contribution in [2.45, 2.75) is 4.90 Å². The predicted molar refractivity (Wildman–Crippen MR) is 110 cm³/mol. The quantitative estimate of drug-likeness (QED) is 0.471. The van der Waals surface area contributed by atoms with E-state index < -0.39 is 10.0 Å². The highest BCUT2D eigenvalue weighted by molar-refractivity contribution is 7.92. The van der Waals surface area contributed by atoms with Gasteiger partial charge in [-0.05, 0) is 48.0 Å². The lowest BCUT2D eigenvalue weighted by Crippen LogP contribution is -2.16. The second-order valence-corrected chi connectivity index (χ2v) is 7.87. The molecular weight excluding hydrogens is 414 g/mol. The number of benzene rings is 2. The number of halogens is 1. The first-order chi connectivity index (χ1) is 14.0. The molecule has 29 heavy (non-hydrogen) atoms. The molecule has 0 amide bonds. The highest BCUT2D eigenvalue weighted by Gasteiger charge is 2.18. The van der Waals surface area contributed by atoms with E-state index in [-0.39, 0.29) is 22.1 Å². The summed E-state index contributed by atoms with van der Waals surface area (Å²) in [6.45, 7) is 0. The molecule has 2 N–H and O–H groups in total. The molecule has 8 nitrogen and oxygen atoms in total. The highest BCUT2D eigenvalue weighted by Crippen LogP contribution is 2.24. The minimum Gasteiger partial charge on any atom is -0.464 e. The summed E-state index contributed by atoms with van der Waals surface area (Å²) in [7, 11) is -3.96. The van der Waals surface area contributed by atoms with Crippen LogP contribution in [0.25, 0.3) is 11.3 Å². The van der Waals surface area contributed by atoms with Crippen LogP contribution in [0.15, 0.2) is 82.3 Å². The van der Waals surface area contributed by atoms with Crippen LogP contribution in [-0.4, -0.2) is 23.4 Å². The van der Waals surface area contributed by atoms with Crippen LogP contribution in [0, 0.1) is 0 Å². The lowest BCUT2D eigenvalue weighted by molar-refractivity contribution is 0.582. The summed E-state index contributed by atoms with van der Waals surface area (Å²) in [4.78, 5) is 11.9. The fraction of sp³-hybridized carbons (Fsp3) is 0. The number of para-hydroxylation sites is 1. The number of aromatic nitrogens is 3. The van der Waals surface area contributed by atoms with Gasteiger partial charge < -0.3 is 9.73 Å². The molecule has 0 unspecified atom stereocenters. The predicted octanol–water partition coefficient (Wildman–Crippen LogP) is 4.33. The van der Waals surface area contributed by atoms with E-state index in [2.05, 4.69) is 25.0 Å². The SMILES string of the molecule is O=S(=O)(Nc1nc(Cl)nc(Nc2ccccc2)n1)c1cccc(-c2ccco2)c1. The third-order valence-electron chi connectivity index (χ3n) is 3.81. The van der Waals surface area contributed by atoms with Crippen LogP contribution < -0.4 is 10.0 Å². The summed E-state index contributed by atoms with van der Waals surface area (Å²) < 4.78 is 33.2. The molecule has 2 heterocycles. The van der Waals surface area contributed by atoms with Crippen molar-refractivity contribution in [3.63, 3.8) is 0 Å². The van der Waals surface area contributed by atoms with E-state index in [1.165, 1.54) is 18.4 Å². The molecule has 0 aliphatic rings. The molecule has 146 valence electrons. The number of anilines is 3. The van der Waals surface area contributed by atoms with Gasteiger partial charge in [-0.15, -0.1) is 0 Å². The second-order valence-electron chi connectivity index (χ2n) is 5.85. The molecule has 0 atom stereocenters. The lowest BCUT2D eigenvalue weighted by atomic mass is 10.2. The first-order valence-corrected chi connectivity index (χ1v) is 10.3. The van der Waals surface area contributed by atoms with Crippen LogP contribution in [0.5, 0.6) is 0 Å². The van der Waals surface area contributed by atoms with Gasteiger partial charge in [0.05, 0.1) is 11.2 Å². The molecule has 2 aromatic heterocycles. The molecule has 2 aromatic carbocycles. The Kier molecular flexibility index (Phi) is 5.15. The highest BCUT2D eigenvalue weighted by atomic mass is 35.5. The molecule has 0 radical (unpaired) electrons. The van der Waals surface area contributed by atoms with E-state index in [1.807, 2.05) is 30.3 Å². The van der Waals surface area contributed by atoms with Crippen LogP contribution in [0.3, 0.4) is 0 Å². The summed E-state index contributed by atoms with van der Waals surface area (Å²) in [5.41, 5.74) is 1.34. The molecule has 0 saturated heterocycles. The van der Waals surface area contributed by atoms with Gasteiger partial charge in [0.1, 0.15) is 5.76 Å². The summed E-state index contributed by atoms with van der Waals surface area (Å²) in [5, 5.41) is 2.79. The molecule has 0 saturated carbocycles. The van der Waals surface area contributed by atoms with Gasteiger partial charge in [-0.3, -0.25) is 0 Å². The molecule has 10 heteroatoms. The van der Waals surface area contributed by atoms with Gasteiger partial charge in [-0.1, -0.05) is 30.3 Å². The van der Waals surface area contributed by atoms with Crippen molar-refractivity contribution in [2.75, 3.05) is 10.0 Å². The van der Waals surface area contributed by atoms with Gasteiger partial charge in [0.25, 0.3) is 10.0 Å². The number of nitrogens with one attached hydrogen (secondary N) is 2. The average Bonchev–Trinajstić information content (AvgIpc) is 3.23. The summed E-state index contributed by atoms with van der Waals surface area (Å²) in [6, 6.07) is 18.9. The standard InChI is InChI=1S/C19H14ClN5O3S/c20-17-22-18(21-14-7-2-1-3-8-14)24-19(23-17)25-29(26,27)15-9-4-6-13(12-15)16-10-5-11-28-16/h1-12H,(H2,21,22,23,24,25). The zero-order valence-corrected chi connectivity index (χ0v) is 16.4. The first kappa shape index (κ1) is 18.9. The Morgan fingerprint density at radius 2 is 1.66 bits per heavy atom. The maximum absolute atomic E-state index is 12.8. The van der Waals surface area contributed by atoms with Crippen LogP contribution in [0.2, 0.25) is 5.28 Å². The van der Waals surface area contributed by atoms with Crippen molar-refractivity contribution in [1.29, 1.82) is 0 Å². The molecule has 4 rings (SSSR count). The van der Waals surface area contributed by atoms with Crippen molar-refractivity contribution in [1.82, 2.24) is 15.0 Å². The van der Waals surface area contributed by atoms with E-state index in [4.69, 9.17) is 16.0 Å². The summed E-state index contributed by atoms with van der Waals surface area (Å²) in [6.07, 6.45) is 1.52. The van der Waals surface area contributed by atoms with Gasteiger partial charge in [0.2, 0.25) is 17.2 Å². The third kappa shape index (κ3) is 4.53. The van der Waals surface area contributed by atoms with Gasteiger partial charge >= 0.3 is 0 Å². The van der Waals surface area contributed by atoms with Crippen LogP contribution in [0.4, 0.5) is 17.6 Å². The minimum absolute atomic E-state index is 0.0282. The third-order valence-corrected chi connectivity index (χ3v) is 5.31. The molecule has 4 aromatic rings. The fourth-order valence-electron chi connectivity index (χ4n) is 2.54. The zero-order chi connectivity index (χ0) is 20.3. The number of rotatable bonds is 6. The molecular formula is C19H14ClN5O3S. The largest absolute Gasteiger partial charge is 0.464 e. The van der Waals surface area contributed by atoms with Crippen molar-refractivity contribution in [3.05, 3.63) is 78.3 Å². The van der Waals surface area contributed by atoms with Gasteiger partial charge in [-0.2, -0.15) is 15.0 Å². The van der Waals surface area contributed by atoms with Crippen molar-refractivity contribution in [2.24, 2.45) is 0 Å². The van der Waals surface area contributed by atoms with Gasteiger partial charge in [-0.25, -0.2) is 13.1 Å². The zero-order valence-electron chi connectivity index (χ0n) is 14.8. The Hall–Kier alpha value is -3.43. The number of nitrogens with zero attached hydrogens (tertiary/aromatic N) is 3. The Labute approximate surface area is 171 Å². The van der Waals surface area contributed by atoms with E-state index in [0.29, 0.717) is 11.3 Å². The average molecular weight is 428 g/mol. The maximum Gasteiger partial charge on any atom is 0.264 e. The Morgan fingerprint density at radius 1 is 0.862 bits per heavy atom. The van der Waals surface area contributed by atoms with E-state index >= 15 is 0 Å². The molecule has 0 bridgehead atoms. The summed E-state index contributed by atoms with van der Waals surface area (Å²) >= 11 is 5.93. The summed E-state index contributed by atoms with van der Waals surface area (Å²) in [5.74, 6) is 0.463. The second kappa shape index (κ2) is 7.90. The molecule has 0 aliphatic heterocycles. The number of sulfonamides is 1. The van der Waals surface area contributed by atoms with Crippen molar-refractivity contribution < 1.29 is 12.8 Å². The lowest BCUT2D eigenvalue weighted by Gasteiger charge is -2.10. The van der Waals surface area contributed by atoms with E-state index in [0.717, 1.165) is 5.69 Å². The Bertz CT molecular complexity index is 1230. The normalized spacial score (nSPS) is 11.2. The van der Waals surface area contributed by atoms with Crippen molar-refractivity contribution >= 4 is 39.2 Å². The molecule has 0 aliphatic carbocycles.